The summed E-state index contributed by atoms with van der Waals surface area (Å²) in [7, 11) is 0. The summed E-state index contributed by atoms with van der Waals surface area (Å²) in [6.07, 6.45) is 7.79. The number of aryl methyl sites for hydroxylation is 1. The number of urea groups is 1. The number of aromatic nitrogens is 1. The molecule has 1 saturated carbocycles. The summed E-state index contributed by atoms with van der Waals surface area (Å²) in [5.74, 6) is 0.162. The lowest BCUT2D eigenvalue weighted by Gasteiger charge is -2.54. The van der Waals surface area contributed by atoms with Crippen LogP contribution in [0.15, 0.2) is 24.3 Å². The Morgan fingerprint density at radius 1 is 1.00 bits per heavy atom. The van der Waals surface area contributed by atoms with Gasteiger partial charge in [-0.25, -0.2) is 9.78 Å². The van der Waals surface area contributed by atoms with E-state index in [1.807, 2.05) is 13.0 Å². The minimum Gasteiger partial charge on any atom is -0.352 e. The van der Waals surface area contributed by atoms with Gasteiger partial charge in [0.15, 0.2) is 5.41 Å². The number of imide groups is 2. The van der Waals surface area contributed by atoms with Gasteiger partial charge < -0.3 is 4.90 Å². The fourth-order valence-corrected chi connectivity index (χ4v) is 6.62. The molecule has 2 atom stereocenters. The Kier molecular flexibility index (Phi) is 4.71. The van der Waals surface area contributed by atoms with Crippen LogP contribution >= 0.6 is 0 Å². The highest BCUT2D eigenvalue weighted by atomic mass is 16.2. The predicted molar refractivity (Wildman–Crippen MR) is 125 cm³/mol. The molecular weight excluding hydrogens is 416 g/mol. The van der Waals surface area contributed by atoms with Crippen molar-refractivity contribution in [2.24, 2.45) is 5.41 Å². The molecule has 0 radical (unpaired) electrons. The maximum atomic E-state index is 14.2. The van der Waals surface area contributed by atoms with Crippen molar-refractivity contribution in [3.63, 3.8) is 0 Å². The van der Waals surface area contributed by atoms with E-state index in [4.69, 9.17) is 4.98 Å². The number of amides is 4. The van der Waals surface area contributed by atoms with E-state index in [0.717, 1.165) is 85.8 Å². The number of benzene rings is 1. The van der Waals surface area contributed by atoms with Crippen LogP contribution in [0.5, 0.6) is 0 Å². The van der Waals surface area contributed by atoms with Gasteiger partial charge in [-0.3, -0.25) is 19.8 Å². The Morgan fingerprint density at radius 3 is 2.61 bits per heavy atom. The highest BCUT2D eigenvalue weighted by Gasteiger charge is 2.63. The Balaban J connectivity index is 1.50. The van der Waals surface area contributed by atoms with Crippen LogP contribution in [0.2, 0.25) is 0 Å². The maximum Gasteiger partial charge on any atom is 0.331 e. The minimum atomic E-state index is -1.28. The van der Waals surface area contributed by atoms with Crippen molar-refractivity contribution in [2.75, 3.05) is 11.4 Å². The molecule has 1 aromatic heterocycles. The Labute approximate surface area is 193 Å². The quantitative estimate of drug-likeness (QED) is 0.673. The molecule has 3 fully saturated rings. The lowest BCUT2D eigenvalue weighted by molar-refractivity contribution is -0.156. The molecule has 33 heavy (non-hydrogen) atoms. The molecule has 4 heterocycles. The Bertz CT molecular complexity index is 1170. The molecule has 1 N–H and O–H groups in total. The number of pyridine rings is 1. The molecule has 7 nitrogen and oxygen atoms in total. The van der Waals surface area contributed by atoms with Gasteiger partial charge in [0.1, 0.15) is 5.82 Å². The zero-order valence-electron chi connectivity index (χ0n) is 19.1. The third kappa shape index (κ3) is 3.01. The van der Waals surface area contributed by atoms with Gasteiger partial charge in [0.2, 0.25) is 11.8 Å². The van der Waals surface area contributed by atoms with Gasteiger partial charge in [-0.1, -0.05) is 30.9 Å². The summed E-state index contributed by atoms with van der Waals surface area (Å²) >= 11 is 0. The number of nitrogens with zero attached hydrogens (tertiary/aromatic N) is 3. The third-order valence-corrected chi connectivity index (χ3v) is 8.22. The monoisotopic (exact) mass is 446 g/mol. The fraction of sp³-hybridized carbons (Fsp3) is 0.538. The van der Waals surface area contributed by atoms with Crippen LogP contribution in [0.25, 0.3) is 10.9 Å². The van der Waals surface area contributed by atoms with Crippen LogP contribution in [-0.4, -0.2) is 46.4 Å². The summed E-state index contributed by atoms with van der Waals surface area (Å²) < 4.78 is 0. The smallest absolute Gasteiger partial charge is 0.331 e. The number of hydrogen-bond donors (Lipinski definition) is 1. The van der Waals surface area contributed by atoms with E-state index >= 15 is 0 Å². The number of carbonyl (C=O) groups excluding carboxylic acids is 3. The van der Waals surface area contributed by atoms with Gasteiger partial charge in [0.25, 0.3) is 0 Å². The van der Waals surface area contributed by atoms with Crippen LogP contribution in [-0.2, 0) is 16.0 Å². The number of barbiturate groups is 1. The molecule has 1 spiro atoms. The van der Waals surface area contributed by atoms with E-state index in [9.17, 15) is 14.4 Å². The molecule has 1 aromatic carbocycles. The second kappa shape index (κ2) is 7.54. The number of fused-ring (bicyclic) bond motifs is 5. The molecule has 0 bridgehead atoms. The molecular formula is C26H30N4O3. The molecule has 1 aliphatic carbocycles. The molecule has 4 aliphatic rings. The van der Waals surface area contributed by atoms with Crippen molar-refractivity contribution in [3.05, 3.63) is 35.4 Å². The highest BCUT2D eigenvalue weighted by Crippen LogP contribution is 2.48. The van der Waals surface area contributed by atoms with Gasteiger partial charge in [0, 0.05) is 24.4 Å². The van der Waals surface area contributed by atoms with Crippen molar-refractivity contribution in [1.29, 1.82) is 0 Å². The number of piperidine rings is 1. The van der Waals surface area contributed by atoms with Gasteiger partial charge in [0.05, 0.1) is 11.6 Å². The zero-order valence-corrected chi connectivity index (χ0v) is 19.1. The first-order valence-corrected chi connectivity index (χ1v) is 12.3. The summed E-state index contributed by atoms with van der Waals surface area (Å²) in [5, 5.41) is 3.62. The lowest BCUT2D eigenvalue weighted by Crippen LogP contribution is -2.73. The summed E-state index contributed by atoms with van der Waals surface area (Å²) in [5.41, 5.74) is 1.72. The van der Waals surface area contributed by atoms with Crippen LogP contribution < -0.4 is 10.2 Å². The van der Waals surface area contributed by atoms with Crippen LogP contribution in [0, 0.1) is 12.3 Å². The zero-order chi connectivity index (χ0) is 22.7. The highest BCUT2D eigenvalue weighted by molar-refractivity contribution is 6.20. The van der Waals surface area contributed by atoms with Gasteiger partial charge >= 0.3 is 6.03 Å². The van der Waals surface area contributed by atoms with E-state index in [2.05, 4.69) is 28.4 Å². The summed E-state index contributed by atoms with van der Waals surface area (Å²) in [6.45, 7) is 2.81. The lowest BCUT2D eigenvalue weighted by atomic mass is 9.66. The first kappa shape index (κ1) is 20.6. The summed E-state index contributed by atoms with van der Waals surface area (Å²) in [6, 6.07) is 7.36. The van der Waals surface area contributed by atoms with Gasteiger partial charge in [-0.2, -0.15) is 0 Å². The van der Waals surface area contributed by atoms with Crippen molar-refractivity contribution >= 4 is 34.6 Å². The molecule has 2 saturated heterocycles. The molecule has 3 aliphatic heterocycles. The van der Waals surface area contributed by atoms with Crippen LogP contribution in [0.1, 0.15) is 62.5 Å². The maximum absolute atomic E-state index is 14.2. The third-order valence-electron chi connectivity index (χ3n) is 8.22. The number of rotatable bonds is 1. The first-order chi connectivity index (χ1) is 16.0. The molecule has 172 valence electrons. The Hall–Kier alpha value is -2.96. The SMILES string of the molecule is Cc1ccc2nc3c(cc2c1)C[C@]1(C(=O)NC(=O)N(C2CCCCC2)C1=O)[C@@H]1CCCCN31. The van der Waals surface area contributed by atoms with Gasteiger partial charge in [-0.05, 0) is 62.8 Å². The van der Waals surface area contributed by atoms with E-state index < -0.39 is 17.4 Å². The Morgan fingerprint density at radius 2 is 1.79 bits per heavy atom. The molecule has 2 aromatic rings. The van der Waals surface area contributed by atoms with E-state index in [0.29, 0.717) is 6.42 Å². The normalized spacial score (nSPS) is 28.2. The van der Waals surface area contributed by atoms with Gasteiger partial charge in [-0.15, -0.1) is 0 Å². The topological polar surface area (TPSA) is 82.6 Å². The number of carbonyl (C=O) groups is 3. The average molecular weight is 447 g/mol. The van der Waals surface area contributed by atoms with Crippen LogP contribution in [0.4, 0.5) is 10.6 Å². The van der Waals surface area contributed by atoms with E-state index in [-0.39, 0.29) is 18.0 Å². The van der Waals surface area contributed by atoms with Crippen molar-refractivity contribution in [2.45, 2.75) is 76.8 Å². The number of hydrogen-bond acceptors (Lipinski definition) is 5. The van der Waals surface area contributed by atoms with Crippen molar-refractivity contribution < 1.29 is 14.4 Å². The standard InChI is InChI=1S/C26H30N4O3/c1-16-10-11-20-17(13-16)14-18-15-26(21-9-5-6-12-29(21)22(18)27-20)23(31)28-25(33)30(24(26)32)19-7-3-2-4-8-19/h10-11,13-14,19,21H,2-9,12,15H2,1H3,(H,28,31,33)/t21-,26+/m0/s1. The second-order valence-electron chi connectivity index (χ2n) is 10.2. The fourth-order valence-electron chi connectivity index (χ4n) is 6.62. The number of nitrogens with one attached hydrogen (secondary N) is 1. The van der Waals surface area contributed by atoms with E-state index in [1.165, 1.54) is 4.90 Å². The predicted octanol–water partition coefficient (Wildman–Crippen LogP) is 3.86. The number of anilines is 1. The second-order valence-corrected chi connectivity index (χ2v) is 10.2. The molecule has 0 unspecified atom stereocenters. The van der Waals surface area contributed by atoms with Crippen molar-refractivity contribution in [3.8, 4) is 0 Å². The molecule has 6 rings (SSSR count). The average Bonchev–Trinajstić information content (AvgIpc) is 2.82. The largest absolute Gasteiger partial charge is 0.352 e. The van der Waals surface area contributed by atoms with Crippen LogP contribution in [0.3, 0.4) is 0 Å². The molecule has 4 amide bonds. The summed E-state index contributed by atoms with van der Waals surface area (Å²) in [4.78, 5) is 49.3. The van der Waals surface area contributed by atoms with E-state index in [1.54, 1.807) is 0 Å². The minimum absolute atomic E-state index is 0.118. The molecule has 7 heteroatoms. The first-order valence-electron chi connectivity index (χ1n) is 12.3. The van der Waals surface area contributed by atoms with Crippen molar-refractivity contribution in [1.82, 2.24) is 15.2 Å².